The van der Waals surface area contributed by atoms with Crippen LogP contribution in [0, 0.1) is 11.3 Å². The van der Waals surface area contributed by atoms with Crippen molar-refractivity contribution in [3.63, 3.8) is 0 Å². The SMILES string of the molecule is O=C(O)C1(CC2CC3CC(C2)O3)CCC2OC2C1. The lowest BCUT2D eigenvalue weighted by molar-refractivity contribution is -0.181. The first-order valence-electron chi connectivity index (χ1n) is 7.19. The van der Waals surface area contributed by atoms with Gasteiger partial charge in [-0.2, -0.15) is 0 Å². The van der Waals surface area contributed by atoms with Crippen LogP contribution >= 0.6 is 0 Å². The molecule has 0 spiro atoms. The smallest absolute Gasteiger partial charge is 0.309 e. The molecule has 0 amide bonds. The van der Waals surface area contributed by atoms with E-state index in [-0.39, 0.29) is 6.10 Å². The number of ether oxygens (including phenoxy) is 2. The summed E-state index contributed by atoms with van der Waals surface area (Å²) in [6.07, 6.45) is 8.12. The zero-order valence-electron chi connectivity index (χ0n) is 10.5. The van der Waals surface area contributed by atoms with Crippen molar-refractivity contribution in [2.24, 2.45) is 11.3 Å². The zero-order valence-corrected chi connectivity index (χ0v) is 10.5. The molecule has 0 aromatic heterocycles. The molecule has 5 atom stereocenters. The van der Waals surface area contributed by atoms with E-state index in [1.54, 1.807) is 0 Å². The van der Waals surface area contributed by atoms with Crippen LogP contribution in [0.2, 0.25) is 0 Å². The Morgan fingerprint density at radius 1 is 1.17 bits per heavy atom. The number of carboxylic acid groups (broad SMARTS) is 1. The molecule has 5 aliphatic rings. The highest BCUT2D eigenvalue weighted by molar-refractivity contribution is 5.75. The molecule has 2 bridgehead atoms. The van der Waals surface area contributed by atoms with Gasteiger partial charge in [0.1, 0.15) is 0 Å². The number of rotatable bonds is 3. The number of aliphatic carboxylic acids is 1. The van der Waals surface area contributed by atoms with Gasteiger partial charge in [0.25, 0.3) is 0 Å². The van der Waals surface area contributed by atoms with Gasteiger partial charge in [-0.05, 0) is 50.9 Å². The van der Waals surface area contributed by atoms with Crippen molar-refractivity contribution in [1.82, 2.24) is 0 Å². The molecule has 3 aliphatic heterocycles. The van der Waals surface area contributed by atoms with Gasteiger partial charge in [-0.25, -0.2) is 0 Å². The molecule has 5 unspecified atom stereocenters. The summed E-state index contributed by atoms with van der Waals surface area (Å²) < 4.78 is 11.2. The molecule has 3 heterocycles. The summed E-state index contributed by atoms with van der Waals surface area (Å²) in [7, 11) is 0. The van der Waals surface area contributed by atoms with Crippen molar-refractivity contribution < 1.29 is 19.4 Å². The minimum atomic E-state index is -0.600. The minimum Gasteiger partial charge on any atom is -0.481 e. The summed E-state index contributed by atoms with van der Waals surface area (Å²) >= 11 is 0. The summed E-state index contributed by atoms with van der Waals surface area (Å²) in [5, 5.41) is 9.65. The molecule has 3 saturated heterocycles. The Balaban J connectivity index is 1.47. The standard InChI is InChI=1S/C14H20O4/c15-13(16)14(2-1-11-12(7-14)18-11)6-8-3-9-5-10(4-8)17-9/h8-12H,1-7H2,(H,15,16). The maximum Gasteiger partial charge on any atom is 0.309 e. The van der Waals surface area contributed by atoms with Crippen molar-refractivity contribution in [2.45, 2.75) is 69.4 Å². The Bertz CT molecular complexity index is 366. The van der Waals surface area contributed by atoms with Crippen molar-refractivity contribution in [3.8, 4) is 0 Å². The number of epoxide rings is 1. The predicted molar refractivity (Wildman–Crippen MR) is 63.2 cm³/mol. The van der Waals surface area contributed by atoms with E-state index in [0.29, 0.717) is 24.2 Å². The zero-order chi connectivity index (χ0) is 12.3. The Kier molecular flexibility index (Phi) is 2.31. The van der Waals surface area contributed by atoms with Gasteiger partial charge in [-0.15, -0.1) is 0 Å². The second-order valence-electron chi connectivity index (χ2n) is 6.70. The van der Waals surface area contributed by atoms with Crippen LogP contribution in [-0.2, 0) is 14.3 Å². The van der Waals surface area contributed by atoms with Gasteiger partial charge < -0.3 is 14.6 Å². The molecular weight excluding hydrogens is 232 g/mol. The fourth-order valence-electron chi connectivity index (χ4n) is 4.40. The van der Waals surface area contributed by atoms with Crippen LogP contribution in [0.15, 0.2) is 0 Å². The molecule has 4 heteroatoms. The van der Waals surface area contributed by atoms with Crippen molar-refractivity contribution in [3.05, 3.63) is 0 Å². The first-order chi connectivity index (χ1) is 8.64. The van der Waals surface area contributed by atoms with Gasteiger partial charge >= 0.3 is 5.97 Å². The van der Waals surface area contributed by atoms with Crippen molar-refractivity contribution in [2.75, 3.05) is 0 Å². The van der Waals surface area contributed by atoms with E-state index in [2.05, 4.69) is 0 Å². The van der Waals surface area contributed by atoms with Crippen LogP contribution in [0.1, 0.15) is 44.9 Å². The molecule has 0 aromatic carbocycles. The lowest BCUT2D eigenvalue weighted by Gasteiger charge is -2.47. The third-order valence-corrected chi connectivity index (χ3v) is 5.42. The Hall–Kier alpha value is -0.610. The largest absolute Gasteiger partial charge is 0.481 e. The highest BCUT2D eigenvalue weighted by atomic mass is 16.6. The van der Waals surface area contributed by atoms with Gasteiger partial charge in [0.15, 0.2) is 0 Å². The summed E-state index contributed by atoms with van der Waals surface area (Å²) in [6, 6.07) is 0. The normalized spacial score (nSPS) is 53.2. The fourth-order valence-corrected chi connectivity index (χ4v) is 4.40. The quantitative estimate of drug-likeness (QED) is 0.780. The van der Waals surface area contributed by atoms with E-state index in [1.807, 2.05) is 0 Å². The van der Waals surface area contributed by atoms with Gasteiger partial charge in [0, 0.05) is 0 Å². The number of carboxylic acids is 1. The average molecular weight is 252 g/mol. The molecule has 2 aliphatic carbocycles. The molecule has 5 rings (SSSR count). The lowest BCUT2D eigenvalue weighted by Crippen LogP contribution is -2.47. The van der Waals surface area contributed by atoms with Crippen LogP contribution < -0.4 is 0 Å². The molecular formula is C14H20O4. The molecule has 5 fully saturated rings. The Morgan fingerprint density at radius 3 is 2.50 bits per heavy atom. The first kappa shape index (κ1) is 11.2. The molecule has 2 saturated carbocycles. The van der Waals surface area contributed by atoms with E-state index in [1.165, 1.54) is 6.42 Å². The number of fused-ring (bicyclic) bond motifs is 3. The van der Waals surface area contributed by atoms with Crippen LogP contribution in [0.25, 0.3) is 0 Å². The predicted octanol–water partition coefficient (Wildman–Crippen LogP) is 1.97. The summed E-state index contributed by atoms with van der Waals surface area (Å²) in [5.74, 6) is -0.0504. The lowest BCUT2D eigenvalue weighted by atomic mass is 9.65. The third-order valence-electron chi connectivity index (χ3n) is 5.42. The maximum absolute atomic E-state index is 11.7. The molecule has 1 N–H and O–H groups in total. The maximum atomic E-state index is 11.7. The average Bonchev–Trinajstić information content (AvgIpc) is 3.05. The second-order valence-corrected chi connectivity index (χ2v) is 6.70. The van der Waals surface area contributed by atoms with Crippen molar-refractivity contribution >= 4 is 5.97 Å². The first-order valence-corrected chi connectivity index (χ1v) is 7.19. The van der Waals surface area contributed by atoms with E-state index in [0.717, 1.165) is 38.5 Å². The van der Waals surface area contributed by atoms with Crippen LogP contribution in [0.4, 0.5) is 0 Å². The molecule has 0 aromatic rings. The molecule has 100 valence electrons. The minimum absolute atomic E-state index is 0.240. The summed E-state index contributed by atoms with van der Waals surface area (Å²) in [4.78, 5) is 11.7. The third kappa shape index (κ3) is 1.69. The highest BCUT2D eigenvalue weighted by Crippen LogP contribution is 2.52. The topological polar surface area (TPSA) is 59.1 Å². The van der Waals surface area contributed by atoms with Crippen LogP contribution in [0.3, 0.4) is 0 Å². The van der Waals surface area contributed by atoms with Gasteiger partial charge in [-0.1, -0.05) is 0 Å². The number of hydrogen-bond acceptors (Lipinski definition) is 3. The Morgan fingerprint density at radius 2 is 1.89 bits per heavy atom. The van der Waals surface area contributed by atoms with Gasteiger partial charge in [0.05, 0.1) is 29.8 Å². The van der Waals surface area contributed by atoms with E-state index in [9.17, 15) is 9.90 Å². The summed E-state index contributed by atoms with van der Waals surface area (Å²) in [6.45, 7) is 0. The van der Waals surface area contributed by atoms with Crippen LogP contribution in [-0.4, -0.2) is 35.5 Å². The van der Waals surface area contributed by atoms with Crippen molar-refractivity contribution in [1.29, 1.82) is 0 Å². The van der Waals surface area contributed by atoms with E-state index < -0.39 is 11.4 Å². The molecule has 18 heavy (non-hydrogen) atoms. The van der Waals surface area contributed by atoms with Crippen LogP contribution in [0.5, 0.6) is 0 Å². The van der Waals surface area contributed by atoms with E-state index >= 15 is 0 Å². The summed E-state index contributed by atoms with van der Waals surface area (Å²) in [5.41, 5.74) is -0.508. The van der Waals surface area contributed by atoms with Gasteiger partial charge in [0.2, 0.25) is 0 Å². The molecule has 0 radical (unpaired) electrons. The van der Waals surface area contributed by atoms with E-state index in [4.69, 9.17) is 9.47 Å². The monoisotopic (exact) mass is 252 g/mol. The second kappa shape index (κ2) is 3.70. The number of hydrogen-bond donors (Lipinski definition) is 1. The number of carbonyl (C=O) groups is 1. The van der Waals surface area contributed by atoms with Gasteiger partial charge in [-0.3, -0.25) is 4.79 Å². The highest BCUT2D eigenvalue weighted by Gasteiger charge is 2.55. The fraction of sp³-hybridized carbons (Fsp3) is 0.929. The Labute approximate surface area is 107 Å². The molecule has 4 nitrogen and oxygen atoms in total.